The minimum atomic E-state index is 0.0984. The molecule has 0 saturated heterocycles. The smallest absolute Gasteiger partial charge is 0.220 e. The predicted octanol–water partition coefficient (Wildman–Crippen LogP) is 2.22. The van der Waals surface area contributed by atoms with E-state index in [0.717, 1.165) is 30.6 Å². The summed E-state index contributed by atoms with van der Waals surface area (Å²) in [5.74, 6) is 1.32. The van der Waals surface area contributed by atoms with E-state index in [4.69, 9.17) is 10.5 Å². The summed E-state index contributed by atoms with van der Waals surface area (Å²) in [5, 5.41) is 2.96. The van der Waals surface area contributed by atoms with Crippen LogP contribution in [0.1, 0.15) is 38.2 Å². The van der Waals surface area contributed by atoms with Gasteiger partial charge in [-0.25, -0.2) is 0 Å². The number of carbonyl (C=O) groups is 1. The second-order valence-electron chi connectivity index (χ2n) is 5.41. The standard InChI is InChI=1S/C16H24N2O2/c1-2-20-14-8-6-12(7-9-14)11-18-16(19)10-13-4-3-5-15(13)17/h6-9,13,15H,2-5,10-11,17H2,1H3,(H,18,19)/t13-,15+/m0/s1. The van der Waals surface area contributed by atoms with Crippen molar-refractivity contribution in [1.82, 2.24) is 5.32 Å². The van der Waals surface area contributed by atoms with Crippen LogP contribution in [0.15, 0.2) is 24.3 Å². The monoisotopic (exact) mass is 276 g/mol. The van der Waals surface area contributed by atoms with E-state index < -0.39 is 0 Å². The first-order valence-electron chi connectivity index (χ1n) is 7.43. The molecule has 2 rings (SSSR count). The summed E-state index contributed by atoms with van der Waals surface area (Å²) in [5.41, 5.74) is 7.07. The molecule has 0 heterocycles. The zero-order chi connectivity index (χ0) is 14.4. The molecule has 110 valence electrons. The van der Waals surface area contributed by atoms with E-state index >= 15 is 0 Å². The van der Waals surface area contributed by atoms with Crippen molar-refractivity contribution >= 4 is 5.91 Å². The van der Waals surface area contributed by atoms with Crippen molar-refractivity contribution in [2.75, 3.05) is 6.61 Å². The maximum Gasteiger partial charge on any atom is 0.220 e. The Morgan fingerprint density at radius 3 is 2.70 bits per heavy atom. The fourth-order valence-electron chi connectivity index (χ4n) is 2.70. The lowest BCUT2D eigenvalue weighted by Crippen LogP contribution is -2.31. The third-order valence-corrected chi connectivity index (χ3v) is 3.89. The van der Waals surface area contributed by atoms with Crippen molar-refractivity contribution < 1.29 is 9.53 Å². The van der Waals surface area contributed by atoms with E-state index in [2.05, 4.69) is 5.32 Å². The van der Waals surface area contributed by atoms with Crippen LogP contribution in [0.4, 0.5) is 0 Å². The van der Waals surface area contributed by atoms with Gasteiger partial charge in [0, 0.05) is 19.0 Å². The van der Waals surface area contributed by atoms with Crippen LogP contribution in [0.25, 0.3) is 0 Å². The highest BCUT2D eigenvalue weighted by molar-refractivity contribution is 5.76. The SMILES string of the molecule is CCOc1ccc(CNC(=O)C[C@@H]2CCC[C@H]2N)cc1. The van der Waals surface area contributed by atoms with Crippen molar-refractivity contribution in [3.8, 4) is 5.75 Å². The summed E-state index contributed by atoms with van der Waals surface area (Å²) in [4.78, 5) is 11.9. The fraction of sp³-hybridized carbons (Fsp3) is 0.562. The zero-order valence-corrected chi connectivity index (χ0v) is 12.1. The van der Waals surface area contributed by atoms with Gasteiger partial charge in [0.05, 0.1) is 6.61 Å². The molecule has 3 N–H and O–H groups in total. The van der Waals surface area contributed by atoms with Crippen LogP contribution in [0.2, 0.25) is 0 Å². The molecule has 1 fully saturated rings. The quantitative estimate of drug-likeness (QED) is 0.837. The van der Waals surface area contributed by atoms with Gasteiger partial charge in [-0.2, -0.15) is 0 Å². The van der Waals surface area contributed by atoms with Gasteiger partial charge in [0.2, 0.25) is 5.91 Å². The Balaban J connectivity index is 1.75. The molecule has 1 saturated carbocycles. The van der Waals surface area contributed by atoms with Crippen LogP contribution in [0.3, 0.4) is 0 Å². The number of carbonyl (C=O) groups excluding carboxylic acids is 1. The van der Waals surface area contributed by atoms with Gasteiger partial charge in [-0.15, -0.1) is 0 Å². The first-order chi connectivity index (χ1) is 9.69. The van der Waals surface area contributed by atoms with Gasteiger partial charge in [-0.1, -0.05) is 18.6 Å². The van der Waals surface area contributed by atoms with Gasteiger partial charge < -0.3 is 15.8 Å². The Morgan fingerprint density at radius 2 is 2.10 bits per heavy atom. The van der Waals surface area contributed by atoms with Crippen molar-refractivity contribution in [2.24, 2.45) is 11.7 Å². The van der Waals surface area contributed by atoms with Crippen molar-refractivity contribution in [1.29, 1.82) is 0 Å². The molecule has 0 unspecified atom stereocenters. The van der Waals surface area contributed by atoms with Gasteiger partial charge in [0.25, 0.3) is 0 Å². The molecule has 0 aromatic heterocycles. The Morgan fingerprint density at radius 1 is 1.35 bits per heavy atom. The molecule has 20 heavy (non-hydrogen) atoms. The molecule has 1 aliphatic rings. The highest BCUT2D eigenvalue weighted by atomic mass is 16.5. The highest BCUT2D eigenvalue weighted by Gasteiger charge is 2.25. The van der Waals surface area contributed by atoms with E-state index in [1.807, 2.05) is 31.2 Å². The Bertz CT molecular complexity index is 431. The molecule has 2 atom stereocenters. The molecule has 0 bridgehead atoms. The number of ether oxygens (including phenoxy) is 1. The molecule has 0 radical (unpaired) electrons. The molecule has 1 aromatic rings. The summed E-state index contributed by atoms with van der Waals surface area (Å²) in [6, 6.07) is 8.01. The lowest BCUT2D eigenvalue weighted by molar-refractivity contribution is -0.122. The largest absolute Gasteiger partial charge is 0.494 e. The number of benzene rings is 1. The van der Waals surface area contributed by atoms with Crippen LogP contribution >= 0.6 is 0 Å². The topological polar surface area (TPSA) is 64.3 Å². The molecule has 1 amide bonds. The van der Waals surface area contributed by atoms with Crippen molar-refractivity contribution in [3.63, 3.8) is 0 Å². The Hall–Kier alpha value is -1.55. The third kappa shape index (κ3) is 4.23. The molecular weight excluding hydrogens is 252 g/mol. The minimum Gasteiger partial charge on any atom is -0.494 e. The van der Waals surface area contributed by atoms with Crippen LogP contribution in [0.5, 0.6) is 5.75 Å². The molecular formula is C16H24N2O2. The lowest BCUT2D eigenvalue weighted by atomic mass is 10.00. The maximum atomic E-state index is 11.9. The van der Waals surface area contributed by atoms with E-state index in [-0.39, 0.29) is 11.9 Å². The number of amides is 1. The van der Waals surface area contributed by atoms with Crippen molar-refractivity contribution in [2.45, 2.75) is 45.2 Å². The third-order valence-electron chi connectivity index (χ3n) is 3.89. The maximum absolute atomic E-state index is 11.9. The van der Waals surface area contributed by atoms with Crippen LogP contribution in [-0.2, 0) is 11.3 Å². The fourth-order valence-corrected chi connectivity index (χ4v) is 2.70. The van der Waals surface area contributed by atoms with E-state index in [9.17, 15) is 4.79 Å². The van der Waals surface area contributed by atoms with Crippen LogP contribution in [-0.4, -0.2) is 18.6 Å². The first kappa shape index (κ1) is 14.9. The minimum absolute atomic E-state index is 0.0984. The second-order valence-corrected chi connectivity index (χ2v) is 5.41. The van der Waals surface area contributed by atoms with E-state index in [1.165, 1.54) is 0 Å². The molecule has 1 aromatic carbocycles. The number of rotatable bonds is 6. The summed E-state index contributed by atoms with van der Waals surface area (Å²) in [7, 11) is 0. The summed E-state index contributed by atoms with van der Waals surface area (Å²) >= 11 is 0. The van der Waals surface area contributed by atoms with Gasteiger partial charge >= 0.3 is 0 Å². The van der Waals surface area contributed by atoms with Gasteiger partial charge in [-0.05, 0) is 43.4 Å². The van der Waals surface area contributed by atoms with Crippen LogP contribution < -0.4 is 15.8 Å². The lowest BCUT2D eigenvalue weighted by Gasteiger charge is -2.14. The summed E-state index contributed by atoms with van der Waals surface area (Å²) < 4.78 is 5.39. The summed E-state index contributed by atoms with van der Waals surface area (Å²) in [6.45, 7) is 3.19. The zero-order valence-electron chi connectivity index (χ0n) is 12.1. The predicted molar refractivity (Wildman–Crippen MR) is 79.4 cm³/mol. The Labute approximate surface area is 120 Å². The second kappa shape index (κ2) is 7.29. The first-order valence-corrected chi connectivity index (χ1v) is 7.43. The highest BCUT2D eigenvalue weighted by Crippen LogP contribution is 2.26. The Kier molecular flexibility index (Phi) is 5.41. The average molecular weight is 276 g/mol. The molecule has 1 aliphatic carbocycles. The number of hydrogen-bond donors (Lipinski definition) is 2. The molecule has 4 heteroatoms. The molecule has 0 spiro atoms. The van der Waals surface area contributed by atoms with Crippen LogP contribution in [0, 0.1) is 5.92 Å². The normalized spacial score (nSPS) is 21.7. The summed E-state index contributed by atoms with van der Waals surface area (Å²) in [6.07, 6.45) is 3.84. The number of hydrogen-bond acceptors (Lipinski definition) is 3. The average Bonchev–Trinajstić information content (AvgIpc) is 2.84. The van der Waals surface area contributed by atoms with E-state index in [1.54, 1.807) is 0 Å². The molecule has 0 aliphatic heterocycles. The number of nitrogens with two attached hydrogens (primary N) is 1. The van der Waals surface area contributed by atoms with Gasteiger partial charge in [-0.3, -0.25) is 4.79 Å². The molecule has 4 nitrogen and oxygen atoms in total. The van der Waals surface area contributed by atoms with E-state index in [0.29, 0.717) is 25.5 Å². The van der Waals surface area contributed by atoms with Gasteiger partial charge in [0.15, 0.2) is 0 Å². The van der Waals surface area contributed by atoms with Gasteiger partial charge in [0.1, 0.15) is 5.75 Å². The number of nitrogens with one attached hydrogen (secondary N) is 1. The van der Waals surface area contributed by atoms with Crippen molar-refractivity contribution in [3.05, 3.63) is 29.8 Å².